The van der Waals surface area contributed by atoms with Crippen molar-refractivity contribution in [3.8, 4) is 0 Å². The van der Waals surface area contributed by atoms with Crippen molar-refractivity contribution in [2.45, 2.75) is 77.9 Å². The van der Waals surface area contributed by atoms with E-state index in [1.165, 1.54) is 0 Å². The van der Waals surface area contributed by atoms with Gasteiger partial charge in [-0.15, -0.1) is 0 Å². The van der Waals surface area contributed by atoms with Crippen LogP contribution in [0.1, 0.15) is 64.1 Å². The highest BCUT2D eigenvalue weighted by molar-refractivity contribution is 7.89. The second-order valence-corrected chi connectivity index (χ2v) is 9.90. The summed E-state index contributed by atoms with van der Waals surface area (Å²) in [4.78, 5) is 4.86. The molecule has 31 heavy (non-hydrogen) atoms. The van der Waals surface area contributed by atoms with E-state index < -0.39 is 15.6 Å². The monoisotopic (exact) mass is 449 g/mol. The molecule has 0 aliphatic carbocycles. The van der Waals surface area contributed by atoms with Crippen LogP contribution in [-0.2, 0) is 36.0 Å². The Morgan fingerprint density at radius 1 is 1.10 bits per heavy atom. The molecular weight excluding hydrogens is 414 g/mol. The molecule has 0 aliphatic rings. The first kappa shape index (κ1) is 24.9. The number of hydrogen-bond acceptors (Lipinski definition) is 5. The number of aliphatic imine (C=N–C) groups is 1. The predicted molar refractivity (Wildman–Crippen MR) is 123 cm³/mol. The van der Waals surface area contributed by atoms with Crippen LogP contribution in [0, 0.1) is 0 Å². The third-order valence-corrected chi connectivity index (χ3v) is 6.35. The number of nitrogens with zero attached hydrogens (tertiary/aromatic N) is 2. The molecule has 0 unspecified atom stereocenters. The summed E-state index contributed by atoms with van der Waals surface area (Å²) in [5.41, 5.74) is 2.04. The summed E-state index contributed by atoms with van der Waals surface area (Å²) in [6.45, 7) is 13.0. The Labute approximate surface area is 186 Å². The van der Waals surface area contributed by atoms with Gasteiger partial charge < -0.3 is 15.2 Å². The summed E-state index contributed by atoms with van der Waals surface area (Å²) in [6, 6.07) is 6.93. The number of aromatic nitrogens is 1. The molecule has 0 spiro atoms. The second-order valence-electron chi connectivity index (χ2n) is 8.25. The number of aryl methyl sites for hydroxylation is 2. The van der Waals surface area contributed by atoms with Gasteiger partial charge in [0.2, 0.25) is 10.0 Å². The number of nitrogens with one attached hydrogen (secondary N) is 3. The molecule has 0 saturated carbocycles. The average molecular weight is 450 g/mol. The van der Waals surface area contributed by atoms with Gasteiger partial charge in [-0.3, -0.25) is 0 Å². The average Bonchev–Trinajstić information content (AvgIpc) is 3.10. The van der Waals surface area contributed by atoms with Crippen LogP contribution in [0.25, 0.3) is 0 Å². The number of guanidine groups is 1. The van der Waals surface area contributed by atoms with E-state index in [1.807, 2.05) is 47.6 Å². The summed E-state index contributed by atoms with van der Waals surface area (Å²) in [5.74, 6) is 1.47. The number of benzene rings is 1. The van der Waals surface area contributed by atoms with Gasteiger partial charge in [0.05, 0.1) is 17.1 Å². The minimum absolute atomic E-state index is 0.224. The van der Waals surface area contributed by atoms with Gasteiger partial charge in [-0.2, -0.15) is 0 Å². The van der Waals surface area contributed by atoms with Crippen LogP contribution in [0.5, 0.6) is 0 Å². The summed E-state index contributed by atoms with van der Waals surface area (Å²) in [7, 11) is -3.66. The van der Waals surface area contributed by atoms with Crippen LogP contribution < -0.4 is 15.4 Å². The Morgan fingerprint density at radius 3 is 2.42 bits per heavy atom. The highest BCUT2D eigenvalue weighted by Gasteiger charge is 2.24. The SMILES string of the molecule is CCNC(=NCc1ccccc1S(=O)(=O)NC(C)(C)C)NCc1c(CC)noc1CC. The molecule has 1 aromatic heterocycles. The Hall–Kier alpha value is -2.39. The van der Waals surface area contributed by atoms with E-state index >= 15 is 0 Å². The molecule has 1 heterocycles. The van der Waals surface area contributed by atoms with Crippen molar-refractivity contribution in [2.75, 3.05) is 6.54 Å². The molecule has 172 valence electrons. The number of hydrogen-bond donors (Lipinski definition) is 3. The van der Waals surface area contributed by atoms with E-state index in [-0.39, 0.29) is 11.4 Å². The van der Waals surface area contributed by atoms with Crippen molar-refractivity contribution in [3.05, 3.63) is 46.8 Å². The zero-order valence-electron chi connectivity index (χ0n) is 19.4. The minimum atomic E-state index is -3.66. The fourth-order valence-corrected chi connectivity index (χ4v) is 4.82. The molecule has 0 radical (unpaired) electrons. The predicted octanol–water partition coefficient (Wildman–Crippen LogP) is 3.13. The van der Waals surface area contributed by atoms with E-state index in [2.05, 4.69) is 25.5 Å². The van der Waals surface area contributed by atoms with Crippen LogP contribution in [0.4, 0.5) is 0 Å². The molecule has 9 heteroatoms. The van der Waals surface area contributed by atoms with Crippen molar-refractivity contribution < 1.29 is 12.9 Å². The molecule has 2 rings (SSSR count). The Kier molecular flexibility index (Phi) is 8.64. The smallest absolute Gasteiger partial charge is 0.241 e. The van der Waals surface area contributed by atoms with E-state index in [9.17, 15) is 8.42 Å². The summed E-state index contributed by atoms with van der Waals surface area (Å²) < 4.78 is 33.8. The first-order valence-electron chi connectivity index (χ1n) is 10.7. The third kappa shape index (κ3) is 7.07. The zero-order valence-corrected chi connectivity index (χ0v) is 20.2. The fourth-order valence-electron chi connectivity index (χ4n) is 3.17. The Bertz CT molecular complexity index is 969. The fraction of sp³-hybridized carbons (Fsp3) is 0.545. The Morgan fingerprint density at radius 2 is 1.81 bits per heavy atom. The van der Waals surface area contributed by atoms with E-state index in [0.717, 1.165) is 29.9 Å². The standard InChI is InChI=1S/C22H35N5O3S/c1-7-18-17(19(8-2)30-26-18)15-25-21(23-9-3)24-14-16-12-10-11-13-20(16)31(28,29)27-22(4,5)6/h10-13,27H,7-9,14-15H2,1-6H3,(H2,23,24,25). The first-order chi connectivity index (χ1) is 14.6. The highest BCUT2D eigenvalue weighted by atomic mass is 32.2. The lowest BCUT2D eigenvalue weighted by atomic mass is 10.1. The maximum Gasteiger partial charge on any atom is 0.241 e. The molecule has 8 nitrogen and oxygen atoms in total. The molecule has 0 saturated heterocycles. The van der Waals surface area contributed by atoms with Gasteiger partial charge in [0.1, 0.15) is 5.76 Å². The van der Waals surface area contributed by atoms with E-state index in [0.29, 0.717) is 24.6 Å². The molecule has 0 atom stereocenters. The van der Waals surface area contributed by atoms with Gasteiger partial charge in [-0.1, -0.05) is 37.2 Å². The maximum absolute atomic E-state index is 12.9. The molecule has 0 bridgehead atoms. The van der Waals surface area contributed by atoms with Crippen LogP contribution in [-0.4, -0.2) is 31.6 Å². The first-order valence-corrected chi connectivity index (χ1v) is 12.2. The molecule has 2 aromatic rings. The van der Waals surface area contributed by atoms with Gasteiger partial charge >= 0.3 is 0 Å². The molecule has 0 amide bonds. The van der Waals surface area contributed by atoms with Crippen molar-refractivity contribution in [2.24, 2.45) is 4.99 Å². The van der Waals surface area contributed by atoms with Gasteiger partial charge in [-0.05, 0) is 45.7 Å². The van der Waals surface area contributed by atoms with Crippen LogP contribution in [0.15, 0.2) is 38.7 Å². The van der Waals surface area contributed by atoms with Crippen molar-refractivity contribution in [1.82, 2.24) is 20.5 Å². The molecule has 1 aromatic carbocycles. The number of rotatable bonds is 9. The molecular formula is C22H35N5O3S. The van der Waals surface area contributed by atoms with Crippen molar-refractivity contribution in [3.63, 3.8) is 0 Å². The van der Waals surface area contributed by atoms with Crippen LogP contribution in [0.3, 0.4) is 0 Å². The summed E-state index contributed by atoms with van der Waals surface area (Å²) >= 11 is 0. The molecule has 0 fully saturated rings. The van der Waals surface area contributed by atoms with E-state index in [1.54, 1.807) is 18.2 Å². The lowest BCUT2D eigenvalue weighted by molar-refractivity contribution is 0.380. The van der Waals surface area contributed by atoms with Gasteiger partial charge in [0.25, 0.3) is 0 Å². The minimum Gasteiger partial charge on any atom is -0.361 e. The van der Waals surface area contributed by atoms with Crippen LogP contribution >= 0.6 is 0 Å². The lowest BCUT2D eigenvalue weighted by Gasteiger charge is -2.21. The largest absolute Gasteiger partial charge is 0.361 e. The Balaban J connectivity index is 2.23. The summed E-state index contributed by atoms with van der Waals surface area (Å²) in [5, 5.41) is 10.7. The number of sulfonamides is 1. The van der Waals surface area contributed by atoms with Crippen LogP contribution in [0.2, 0.25) is 0 Å². The topological polar surface area (TPSA) is 109 Å². The lowest BCUT2D eigenvalue weighted by Crippen LogP contribution is -2.40. The third-order valence-electron chi connectivity index (χ3n) is 4.49. The van der Waals surface area contributed by atoms with Crippen molar-refractivity contribution >= 4 is 16.0 Å². The second kappa shape index (κ2) is 10.8. The van der Waals surface area contributed by atoms with Gasteiger partial charge in [0.15, 0.2) is 5.96 Å². The zero-order chi connectivity index (χ0) is 23.1. The molecule has 3 N–H and O–H groups in total. The maximum atomic E-state index is 12.9. The van der Waals surface area contributed by atoms with E-state index in [4.69, 9.17) is 4.52 Å². The normalized spacial score (nSPS) is 12.8. The van der Waals surface area contributed by atoms with Crippen molar-refractivity contribution in [1.29, 1.82) is 0 Å². The quantitative estimate of drug-likeness (QED) is 0.401. The summed E-state index contributed by atoms with van der Waals surface area (Å²) in [6.07, 6.45) is 1.56. The van der Waals surface area contributed by atoms with Gasteiger partial charge in [-0.25, -0.2) is 18.1 Å². The molecule has 0 aliphatic heterocycles. The highest BCUT2D eigenvalue weighted by Crippen LogP contribution is 2.19. The van der Waals surface area contributed by atoms with Gasteiger partial charge in [0, 0.05) is 30.6 Å².